The van der Waals surface area contributed by atoms with Crippen LogP contribution in [0, 0.1) is 6.92 Å². The van der Waals surface area contributed by atoms with Gasteiger partial charge in [0.1, 0.15) is 12.1 Å². The van der Waals surface area contributed by atoms with Gasteiger partial charge in [0.2, 0.25) is 17.7 Å². The SMILES string of the molecule is CCC[C@@H]1NC(=O)[C@@H](NC(=O)[C@@H](N)CCC(=O)O)C/C=C\CC[C@@H]([C@H](O)CNc2ccc(C)cc2)NC1=O. The van der Waals surface area contributed by atoms with Crippen LogP contribution >= 0.6 is 0 Å². The number of carboxylic acids is 1. The van der Waals surface area contributed by atoms with Gasteiger partial charge in [-0.2, -0.15) is 0 Å². The zero-order valence-corrected chi connectivity index (χ0v) is 22.1. The highest BCUT2D eigenvalue weighted by Gasteiger charge is 2.30. The molecule has 11 heteroatoms. The van der Waals surface area contributed by atoms with Gasteiger partial charge in [-0.05, 0) is 51.2 Å². The number of hydrogen-bond donors (Lipinski definition) is 7. The molecule has 0 aromatic heterocycles. The number of aryl methyl sites for hydroxylation is 1. The molecular formula is C27H41N5O6. The second-order valence-electron chi connectivity index (χ2n) is 9.66. The first-order chi connectivity index (χ1) is 18.1. The Hall–Kier alpha value is -3.44. The highest BCUT2D eigenvalue weighted by atomic mass is 16.4. The molecule has 8 N–H and O–H groups in total. The van der Waals surface area contributed by atoms with Gasteiger partial charge >= 0.3 is 5.97 Å². The van der Waals surface area contributed by atoms with Crippen molar-refractivity contribution in [3.8, 4) is 0 Å². The molecule has 1 aliphatic rings. The lowest BCUT2D eigenvalue weighted by molar-refractivity contribution is -0.137. The molecule has 11 nitrogen and oxygen atoms in total. The Balaban J connectivity index is 2.09. The van der Waals surface area contributed by atoms with Crippen molar-refractivity contribution in [3.63, 3.8) is 0 Å². The van der Waals surface area contributed by atoms with E-state index in [4.69, 9.17) is 10.8 Å². The number of aliphatic hydroxyl groups excluding tert-OH is 1. The van der Waals surface area contributed by atoms with Gasteiger partial charge in [-0.25, -0.2) is 0 Å². The molecule has 1 aliphatic heterocycles. The topological polar surface area (TPSA) is 183 Å². The van der Waals surface area contributed by atoms with Crippen LogP contribution in [0.2, 0.25) is 0 Å². The highest BCUT2D eigenvalue weighted by molar-refractivity contribution is 5.93. The van der Waals surface area contributed by atoms with Gasteiger partial charge in [0.05, 0.1) is 18.2 Å². The number of carboxylic acid groups (broad SMARTS) is 1. The van der Waals surface area contributed by atoms with Gasteiger partial charge < -0.3 is 37.2 Å². The third kappa shape index (κ3) is 10.5. The molecule has 38 heavy (non-hydrogen) atoms. The second-order valence-corrected chi connectivity index (χ2v) is 9.66. The summed E-state index contributed by atoms with van der Waals surface area (Å²) in [5.74, 6) is -2.65. The lowest BCUT2D eigenvalue weighted by Crippen LogP contribution is -2.57. The molecule has 3 amide bonds. The summed E-state index contributed by atoms with van der Waals surface area (Å²) in [4.78, 5) is 49.4. The number of carbonyl (C=O) groups excluding carboxylic acids is 3. The van der Waals surface area contributed by atoms with Crippen molar-refractivity contribution in [1.82, 2.24) is 16.0 Å². The molecular weight excluding hydrogens is 490 g/mol. The summed E-state index contributed by atoms with van der Waals surface area (Å²) in [7, 11) is 0. The van der Waals surface area contributed by atoms with Crippen LogP contribution in [0.25, 0.3) is 0 Å². The summed E-state index contributed by atoms with van der Waals surface area (Å²) in [5.41, 5.74) is 7.78. The van der Waals surface area contributed by atoms with Gasteiger partial charge in [0.15, 0.2) is 0 Å². The van der Waals surface area contributed by atoms with E-state index in [0.29, 0.717) is 25.7 Å². The van der Waals surface area contributed by atoms with Crippen molar-refractivity contribution in [2.75, 3.05) is 11.9 Å². The molecule has 210 valence electrons. The van der Waals surface area contributed by atoms with E-state index in [0.717, 1.165) is 11.3 Å². The molecule has 1 aromatic carbocycles. The number of aliphatic carboxylic acids is 1. The third-order valence-corrected chi connectivity index (χ3v) is 6.39. The number of carbonyl (C=O) groups is 4. The number of allylic oxidation sites excluding steroid dienone is 1. The number of amides is 3. The van der Waals surface area contributed by atoms with Gasteiger partial charge in [-0.3, -0.25) is 19.2 Å². The number of hydrogen-bond acceptors (Lipinski definition) is 7. The minimum atomic E-state index is -1.07. The first-order valence-corrected chi connectivity index (χ1v) is 13.1. The summed E-state index contributed by atoms with van der Waals surface area (Å²) >= 11 is 0. The Bertz CT molecular complexity index is 967. The van der Waals surface area contributed by atoms with Crippen LogP contribution in [0.15, 0.2) is 36.4 Å². The molecule has 0 radical (unpaired) electrons. The zero-order valence-electron chi connectivity index (χ0n) is 22.1. The van der Waals surface area contributed by atoms with Gasteiger partial charge in [-0.15, -0.1) is 0 Å². The van der Waals surface area contributed by atoms with E-state index in [1.165, 1.54) is 0 Å². The van der Waals surface area contributed by atoms with E-state index in [1.54, 1.807) is 6.08 Å². The number of nitrogens with two attached hydrogens (primary N) is 1. The third-order valence-electron chi connectivity index (χ3n) is 6.39. The Kier molecular flexibility index (Phi) is 12.7. The van der Waals surface area contributed by atoms with Crippen LogP contribution in [0.4, 0.5) is 5.69 Å². The van der Waals surface area contributed by atoms with E-state index >= 15 is 0 Å². The van der Waals surface area contributed by atoms with Crippen molar-refractivity contribution in [1.29, 1.82) is 0 Å². The first kappa shape index (κ1) is 30.8. The predicted octanol–water partition coefficient (Wildman–Crippen LogP) is 0.955. The summed E-state index contributed by atoms with van der Waals surface area (Å²) in [6.07, 6.45) is 4.58. The lowest BCUT2D eigenvalue weighted by Gasteiger charge is -2.28. The molecule has 2 rings (SSSR count). The normalized spacial score (nSPS) is 23.0. The molecule has 0 saturated heterocycles. The molecule has 5 atom stereocenters. The number of anilines is 1. The van der Waals surface area contributed by atoms with Crippen molar-refractivity contribution in [2.24, 2.45) is 5.73 Å². The van der Waals surface area contributed by atoms with Crippen LogP contribution in [0.5, 0.6) is 0 Å². The minimum absolute atomic E-state index is 0.0608. The van der Waals surface area contributed by atoms with Gasteiger partial charge in [0, 0.05) is 18.7 Å². The van der Waals surface area contributed by atoms with Crippen LogP contribution in [-0.2, 0) is 19.2 Å². The van der Waals surface area contributed by atoms with Crippen molar-refractivity contribution >= 4 is 29.4 Å². The molecule has 0 aliphatic carbocycles. The smallest absolute Gasteiger partial charge is 0.303 e. The number of rotatable bonds is 11. The average molecular weight is 532 g/mol. The maximum absolute atomic E-state index is 13.1. The monoisotopic (exact) mass is 531 g/mol. The Morgan fingerprint density at radius 3 is 2.50 bits per heavy atom. The van der Waals surface area contributed by atoms with Crippen molar-refractivity contribution in [3.05, 3.63) is 42.0 Å². The van der Waals surface area contributed by atoms with Crippen LogP contribution in [0.1, 0.15) is 57.4 Å². The second kappa shape index (κ2) is 15.7. The highest BCUT2D eigenvalue weighted by Crippen LogP contribution is 2.12. The summed E-state index contributed by atoms with van der Waals surface area (Å²) < 4.78 is 0. The lowest BCUT2D eigenvalue weighted by atomic mass is 10.0. The number of aliphatic hydroxyl groups is 1. The van der Waals surface area contributed by atoms with E-state index < -0.39 is 54.0 Å². The van der Waals surface area contributed by atoms with Gasteiger partial charge in [-0.1, -0.05) is 43.2 Å². The van der Waals surface area contributed by atoms with Gasteiger partial charge in [0.25, 0.3) is 0 Å². The summed E-state index contributed by atoms with van der Waals surface area (Å²) in [6, 6.07) is 4.34. The predicted molar refractivity (Wildman–Crippen MR) is 144 cm³/mol. The summed E-state index contributed by atoms with van der Waals surface area (Å²) in [5, 5.41) is 31.1. The first-order valence-electron chi connectivity index (χ1n) is 13.1. The Morgan fingerprint density at radius 1 is 1.13 bits per heavy atom. The van der Waals surface area contributed by atoms with Crippen LogP contribution in [-0.4, -0.2) is 70.7 Å². The van der Waals surface area contributed by atoms with E-state index in [1.807, 2.05) is 44.2 Å². The molecule has 0 fully saturated rings. The fourth-order valence-electron chi connectivity index (χ4n) is 4.06. The van der Waals surface area contributed by atoms with Crippen molar-refractivity contribution < 1.29 is 29.4 Å². The van der Waals surface area contributed by atoms with Crippen molar-refractivity contribution in [2.45, 2.75) is 89.1 Å². The quantitative estimate of drug-likeness (QED) is 0.206. The molecule has 0 saturated carbocycles. The molecule has 1 heterocycles. The average Bonchev–Trinajstić information content (AvgIpc) is 2.88. The maximum Gasteiger partial charge on any atom is 0.303 e. The zero-order chi connectivity index (χ0) is 28.1. The Labute approximate surface area is 223 Å². The number of benzene rings is 1. The number of nitrogens with one attached hydrogen (secondary N) is 4. The molecule has 1 aromatic rings. The molecule has 0 unspecified atom stereocenters. The Morgan fingerprint density at radius 2 is 1.84 bits per heavy atom. The minimum Gasteiger partial charge on any atom is -0.481 e. The standard InChI is InChI=1S/C27H41N5O6/c1-3-7-21-26(37)30-20(23(33)16-29-18-12-10-17(2)11-13-18)8-5-4-6-9-22(27(38)32-21)31-25(36)19(28)14-15-24(34)35/h4,6,10-13,19-23,29,33H,3,5,7-9,14-16,28H2,1-2H3,(H,30,37)(H,31,36)(H,32,38)(H,34,35)/b6-4-/t19-,20-,21-,22-,23+/m0/s1. The largest absolute Gasteiger partial charge is 0.481 e. The summed E-state index contributed by atoms with van der Waals surface area (Å²) in [6.45, 7) is 4.11. The van der Waals surface area contributed by atoms with E-state index in [-0.39, 0.29) is 25.8 Å². The molecule has 0 bridgehead atoms. The maximum atomic E-state index is 13.1. The fourth-order valence-corrected chi connectivity index (χ4v) is 4.06. The van der Waals surface area contributed by atoms with E-state index in [2.05, 4.69) is 21.3 Å². The molecule has 0 spiro atoms. The fraction of sp³-hybridized carbons (Fsp3) is 0.556. The van der Waals surface area contributed by atoms with Crippen LogP contribution < -0.4 is 27.0 Å². The van der Waals surface area contributed by atoms with E-state index in [9.17, 15) is 24.3 Å². The van der Waals surface area contributed by atoms with Crippen LogP contribution in [0.3, 0.4) is 0 Å².